The van der Waals surface area contributed by atoms with Crippen LogP contribution < -0.4 is 5.32 Å². The van der Waals surface area contributed by atoms with Crippen molar-refractivity contribution in [2.24, 2.45) is 4.99 Å². The maximum Gasteiger partial charge on any atom is 0.161 e. The van der Waals surface area contributed by atoms with Crippen molar-refractivity contribution in [3.8, 4) is 6.07 Å². The van der Waals surface area contributed by atoms with E-state index in [4.69, 9.17) is 5.26 Å². The van der Waals surface area contributed by atoms with Gasteiger partial charge < -0.3 is 5.32 Å². The summed E-state index contributed by atoms with van der Waals surface area (Å²) in [5.74, 6) is 0. The highest BCUT2D eigenvalue weighted by atomic mass is 32.2. The predicted molar refractivity (Wildman–Crippen MR) is 64.1 cm³/mol. The van der Waals surface area contributed by atoms with Crippen molar-refractivity contribution in [3.63, 3.8) is 0 Å². The van der Waals surface area contributed by atoms with Crippen LogP contribution in [-0.4, -0.2) is 17.0 Å². The summed E-state index contributed by atoms with van der Waals surface area (Å²) in [6.07, 6.45) is 0. The van der Waals surface area contributed by atoms with E-state index in [0.717, 1.165) is 17.4 Å². The second-order valence-corrected chi connectivity index (χ2v) is 4.82. The molecule has 1 heterocycles. The van der Waals surface area contributed by atoms with Gasteiger partial charge in [-0.25, -0.2) is 0 Å². The van der Waals surface area contributed by atoms with E-state index in [2.05, 4.69) is 23.3 Å². The van der Waals surface area contributed by atoms with Crippen LogP contribution in [0.3, 0.4) is 0 Å². The van der Waals surface area contributed by atoms with E-state index in [1.165, 1.54) is 0 Å². The van der Waals surface area contributed by atoms with Gasteiger partial charge in [-0.1, -0.05) is 18.7 Å². The molecule has 0 radical (unpaired) electrons. The Balaban J connectivity index is 2.03. The van der Waals surface area contributed by atoms with Gasteiger partial charge in [0.2, 0.25) is 0 Å². The highest BCUT2D eigenvalue weighted by Gasteiger charge is 2.14. The second kappa shape index (κ2) is 4.37. The molecular weight excluding hydrogens is 206 g/mol. The summed E-state index contributed by atoms with van der Waals surface area (Å²) >= 11 is 1.74. The average Bonchev–Trinajstić information content (AvgIpc) is 2.65. The van der Waals surface area contributed by atoms with Gasteiger partial charge in [-0.2, -0.15) is 5.26 Å². The lowest BCUT2D eigenvalue weighted by Gasteiger charge is -2.05. The minimum atomic E-state index is 0.561. The first-order chi connectivity index (χ1) is 7.28. The summed E-state index contributed by atoms with van der Waals surface area (Å²) in [6.45, 7) is 3.03. The molecule has 76 valence electrons. The third kappa shape index (κ3) is 2.51. The molecule has 1 unspecified atom stereocenters. The van der Waals surface area contributed by atoms with Gasteiger partial charge in [-0.15, -0.1) is 0 Å². The van der Waals surface area contributed by atoms with Crippen LogP contribution in [0, 0.1) is 11.3 Å². The molecule has 0 aliphatic carbocycles. The van der Waals surface area contributed by atoms with Gasteiger partial charge in [0.25, 0.3) is 0 Å². The molecule has 0 aromatic heterocycles. The fourth-order valence-corrected chi connectivity index (χ4v) is 2.15. The number of hydrogen-bond donors (Lipinski definition) is 1. The first-order valence-electron chi connectivity index (χ1n) is 4.76. The van der Waals surface area contributed by atoms with E-state index in [-0.39, 0.29) is 0 Å². The van der Waals surface area contributed by atoms with Gasteiger partial charge in [0.1, 0.15) is 0 Å². The Labute approximate surface area is 93.2 Å². The molecule has 1 aliphatic heterocycles. The van der Waals surface area contributed by atoms with E-state index in [0.29, 0.717) is 10.8 Å². The molecule has 0 saturated carbocycles. The van der Waals surface area contributed by atoms with Crippen LogP contribution in [0.2, 0.25) is 0 Å². The highest BCUT2D eigenvalue weighted by Crippen LogP contribution is 2.21. The number of rotatable bonds is 1. The lowest BCUT2D eigenvalue weighted by molar-refractivity contribution is 0.976. The molecule has 0 saturated heterocycles. The summed E-state index contributed by atoms with van der Waals surface area (Å²) in [5, 5.41) is 13.4. The Morgan fingerprint density at radius 2 is 2.20 bits per heavy atom. The molecule has 0 amide bonds. The number of aliphatic imine (C=N–C) groups is 1. The van der Waals surface area contributed by atoms with E-state index < -0.39 is 0 Å². The lowest BCUT2D eigenvalue weighted by Crippen LogP contribution is -2.05. The molecule has 0 bridgehead atoms. The van der Waals surface area contributed by atoms with Crippen molar-refractivity contribution in [1.29, 1.82) is 5.26 Å². The minimum absolute atomic E-state index is 0.561. The number of anilines is 1. The molecular formula is C11H11N3S. The Kier molecular flexibility index (Phi) is 2.93. The number of nitrogens with zero attached hydrogens (tertiary/aromatic N) is 2. The van der Waals surface area contributed by atoms with E-state index >= 15 is 0 Å². The molecule has 2 rings (SSSR count). The van der Waals surface area contributed by atoms with Crippen LogP contribution in [0.15, 0.2) is 29.3 Å². The lowest BCUT2D eigenvalue weighted by atomic mass is 10.2. The van der Waals surface area contributed by atoms with Crippen LogP contribution in [0.4, 0.5) is 5.69 Å². The molecule has 4 heteroatoms. The van der Waals surface area contributed by atoms with Crippen molar-refractivity contribution >= 4 is 22.6 Å². The molecule has 1 aliphatic rings. The summed E-state index contributed by atoms with van der Waals surface area (Å²) in [6, 6.07) is 9.47. The highest BCUT2D eigenvalue weighted by molar-refractivity contribution is 8.15. The smallest absolute Gasteiger partial charge is 0.161 e. The van der Waals surface area contributed by atoms with Crippen molar-refractivity contribution in [2.45, 2.75) is 12.2 Å². The zero-order valence-corrected chi connectivity index (χ0v) is 9.21. The van der Waals surface area contributed by atoms with Crippen LogP contribution in [0.5, 0.6) is 0 Å². The molecule has 1 N–H and O–H groups in total. The monoisotopic (exact) mass is 217 g/mol. The van der Waals surface area contributed by atoms with Crippen LogP contribution >= 0.6 is 11.8 Å². The van der Waals surface area contributed by atoms with Crippen molar-refractivity contribution in [3.05, 3.63) is 29.8 Å². The third-order valence-corrected chi connectivity index (χ3v) is 3.08. The van der Waals surface area contributed by atoms with Crippen molar-refractivity contribution < 1.29 is 0 Å². The Morgan fingerprint density at radius 3 is 2.73 bits per heavy atom. The zero-order chi connectivity index (χ0) is 10.7. The number of benzene rings is 1. The molecule has 1 aromatic rings. The SMILES string of the molecule is CC1CN=C(Nc2ccc(C#N)cc2)S1. The van der Waals surface area contributed by atoms with E-state index in [1.807, 2.05) is 12.1 Å². The number of thioether (sulfide) groups is 1. The van der Waals surface area contributed by atoms with Gasteiger partial charge in [0.05, 0.1) is 18.2 Å². The number of nitrogens with one attached hydrogen (secondary N) is 1. The number of hydrogen-bond acceptors (Lipinski definition) is 4. The second-order valence-electron chi connectivity index (χ2n) is 3.39. The first-order valence-corrected chi connectivity index (χ1v) is 5.64. The summed E-state index contributed by atoms with van der Waals surface area (Å²) in [4.78, 5) is 4.36. The number of nitriles is 1. The average molecular weight is 217 g/mol. The molecule has 15 heavy (non-hydrogen) atoms. The first kappa shape index (κ1) is 10.1. The fourth-order valence-electron chi connectivity index (χ4n) is 1.30. The van der Waals surface area contributed by atoms with E-state index in [9.17, 15) is 0 Å². The summed E-state index contributed by atoms with van der Waals surface area (Å²) < 4.78 is 0. The molecule has 3 nitrogen and oxygen atoms in total. The Morgan fingerprint density at radius 1 is 1.47 bits per heavy atom. The van der Waals surface area contributed by atoms with Crippen molar-refractivity contribution in [1.82, 2.24) is 0 Å². The largest absolute Gasteiger partial charge is 0.335 e. The number of amidine groups is 1. The van der Waals surface area contributed by atoms with Gasteiger partial charge in [0.15, 0.2) is 5.17 Å². The summed E-state index contributed by atoms with van der Waals surface area (Å²) in [7, 11) is 0. The normalized spacial score (nSPS) is 19.5. The van der Waals surface area contributed by atoms with E-state index in [1.54, 1.807) is 23.9 Å². The quantitative estimate of drug-likeness (QED) is 0.786. The maximum atomic E-state index is 8.65. The predicted octanol–water partition coefficient (Wildman–Crippen LogP) is 2.46. The zero-order valence-electron chi connectivity index (χ0n) is 8.40. The topological polar surface area (TPSA) is 48.2 Å². The van der Waals surface area contributed by atoms with Crippen LogP contribution in [-0.2, 0) is 0 Å². The molecule has 0 spiro atoms. The van der Waals surface area contributed by atoms with Crippen LogP contribution in [0.1, 0.15) is 12.5 Å². The Bertz CT molecular complexity index is 416. The molecule has 0 fully saturated rings. The molecule has 1 aromatic carbocycles. The fraction of sp³-hybridized carbons (Fsp3) is 0.273. The van der Waals surface area contributed by atoms with Gasteiger partial charge in [-0.3, -0.25) is 4.99 Å². The van der Waals surface area contributed by atoms with Gasteiger partial charge in [0, 0.05) is 10.9 Å². The minimum Gasteiger partial charge on any atom is -0.335 e. The Hall–Kier alpha value is -1.47. The van der Waals surface area contributed by atoms with Crippen LogP contribution in [0.25, 0.3) is 0 Å². The van der Waals surface area contributed by atoms with Gasteiger partial charge >= 0.3 is 0 Å². The third-order valence-electron chi connectivity index (χ3n) is 2.07. The van der Waals surface area contributed by atoms with Gasteiger partial charge in [-0.05, 0) is 24.3 Å². The van der Waals surface area contributed by atoms with Crippen molar-refractivity contribution in [2.75, 3.05) is 11.9 Å². The standard InChI is InChI=1S/C11H11N3S/c1-8-7-13-11(15-8)14-10-4-2-9(6-12)3-5-10/h2-5,8H,7H2,1H3,(H,13,14). The summed E-state index contributed by atoms with van der Waals surface area (Å²) in [5.41, 5.74) is 1.66. The molecule has 1 atom stereocenters. The maximum absolute atomic E-state index is 8.65.